The van der Waals surface area contributed by atoms with Gasteiger partial charge in [0, 0.05) is 53.6 Å². The highest BCUT2D eigenvalue weighted by atomic mass is 127. The van der Waals surface area contributed by atoms with Crippen molar-refractivity contribution in [3.63, 3.8) is 0 Å². The van der Waals surface area contributed by atoms with Gasteiger partial charge in [0.2, 0.25) is 0 Å². The average Bonchev–Trinajstić information content (AvgIpc) is 2.63. The van der Waals surface area contributed by atoms with Gasteiger partial charge in [-0.05, 0) is 30.7 Å². The first-order chi connectivity index (χ1) is 11.8. The minimum absolute atomic E-state index is 0. The number of guanidine groups is 1. The van der Waals surface area contributed by atoms with E-state index in [-0.39, 0.29) is 24.0 Å². The van der Waals surface area contributed by atoms with E-state index in [0.717, 1.165) is 64.7 Å². The molecule has 0 radical (unpaired) electrons. The van der Waals surface area contributed by atoms with Crippen molar-refractivity contribution in [3.05, 3.63) is 35.9 Å². The third-order valence-electron chi connectivity index (χ3n) is 4.28. The van der Waals surface area contributed by atoms with Crippen LogP contribution in [0.4, 0.5) is 0 Å². The number of halogens is 1. The predicted octanol–water partition coefficient (Wildman–Crippen LogP) is 3.15. The molecule has 0 atom stereocenters. The van der Waals surface area contributed by atoms with Crippen LogP contribution in [0.2, 0.25) is 0 Å². The Balaban J connectivity index is 0.00000312. The van der Waals surface area contributed by atoms with Crippen molar-refractivity contribution >= 4 is 29.9 Å². The van der Waals surface area contributed by atoms with Gasteiger partial charge < -0.3 is 19.7 Å². The first kappa shape index (κ1) is 22.2. The molecule has 1 N–H and O–H groups in total. The van der Waals surface area contributed by atoms with Gasteiger partial charge in [-0.1, -0.05) is 30.3 Å². The lowest BCUT2D eigenvalue weighted by atomic mass is 10.0. The molecular formula is C19H32IN3O2. The number of hydrogen-bond acceptors (Lipinski definition) is 3. The molecule has 1 aliphatic heterocycles. The summed E-state index contributed by atoms with van der Waals surface area (Å²) < 4.78 is 11.2. The normalized spacial score (nSPS) is 15.5. The van der Waals surface area contributed by atoms with Gasteiger partial charge in [0.25, 0.3) is 0 Å². The highest BCUT2D eigenvalue weighted by Gasteiger charge is 2.13. The summed E-state index contributed by atoms with van der Waals surface area (Å²) in [5.41, 5.74) is 1.28. The number of hydrogen-bond donors (Lipinski definition) is 1. The first-order valence-corrected chi connectivity index (χ1v) is 8.91. The van der Waals surface area contributed by atoms with E-state index in [1.165, 1.54) is 5.56 Å². The zero-order chi connectivity index (χ0) is 17.0. The van der Waals surface area contributed by atoms with Crippen LogP contribution in [0.25, 0.3) is 0 Å². The van der Waals surface area contributed by atoms with Crippen LogP contribution in [-0.2, 0) is 16.0 Å². The standard InChI is InChI=1S/C19H31N3O2.HI/c1-20-19(22(2)15-17-7-4-3-5-8-17)21-11-6-12-24-16-18-9-13-23-14-10-18;/h3-5,7-8,18H,6,9-16H2,1-2H3,(H,20,21);1H. The van der Waals surface area contributed by atoms with Crippen LogP contribution in [0, 0.1) is 5.92 Å². The van der Waals surface area contributed by atoms with Crippen molar-refractivity contribution < 1.29 is 9.47 Å². The average molecular weight is 461 g/mol. The monoisotopic (exact) mass is 461 g/mol. The Bertz CT molecular complexity index is 479. The molecule has 0 amide bonds. The fourth-order valence-corrected chi connectivity index (χ4v) is 2.85. The van der Waals surface area contributed by atoms with Gasteiger partial charge in [0.1, 0.15) is 0 Å². The SMILES string of the molecule is CN=C(NCCCOCC1CCOCC1)N(C)Cc1ccccc1.I. The lowest BCUT2D eigenvalue weighted by Gasteiger charge is -2.23. The molecule has 0 bridgehead atoms. The summed E-state index contributed by atoms with van der Waals surface area (Å²) in [6.45, 7) is 5.16. The molecule has 0 aliphatic carbocycles. The summed E-state index contributed by atoms with van der Waals surface area (Å²) in [4.78, 5) is 6.49. The molecule has 0 unspecified atom stereocenters. The van der Waals surface area contributed by atoms with Crippen LogP contribution in [-0.4, -0.2) is 57.9 Å². The maximum absolute atomic E-state index is 5.80. The van der Waals surface area contributed by atoms with Crippen LogP contribution in [0.15, 0.2) is 35.3 Å². The minimum atomic E-state index is 0. The summed E-state index contributed by atoms with van der Waals surface area (Å²) in [6, 6.07) is 10.4. The van der Waals surface area contributed by atoms with Crippen molar-refractivity contribution in [2.24, 2.45) is 10.9 Å². The molecule has 0 aromatic heterocycles. The Labute approximate surface area is 169 Å². The molecule has 1 heterocycles. The molecule has 1 aromatic rings. The number of aliphatic imine (C=N–C) groups is 1. The van der Waals surface area contributed by atoms with Crippen molar-refractivity contribution in [1.29, 1.82) is 0 Å². The van der Waals surface area contributed by atoms with Gasteiger partial charge in [-0.25, -0.2) is 0 Å². The molecule has 142 valence electrons. The second-order valence-electron chi connectivity index (χ2n) is 6.30. The van der Waals surface area contributed by atoms with Crippen LogP contribution in [0.1, 0.15) is 24.8 Å². The van der Waals surface area contributed by atoms with E-state index < -0.39 is 0 Å². The zero-order valence-electron chi connectivity index (χ0n) is 15.4. The third-order valence-corrected chi connectivity index (χ3v) is 4.28. The number of benzene rings is 1. The topological polar surface area (TPSA) is 46.1 Å². The molecule has 5 nitrogen and oxygen atoms in total. The molecule has 25 heavy (non-hydrogen) atoms. The maximum Gasteiger partial charge on any atom is 0.193 e. The second-order valence-corrected chi connectivity index (χ2v) is 6.30. The second kappa shape index (κ2) is 13.4. The van der Waals surface area contributed by atoms with Gasteiger partial charge in [0.05, 0.1) is 0 Å². The van der Waals surface area contributed by atoms with E-state index >= 15 is 0 Å². The Morgan fingerprint density at radius 2 is 2.00 bits per heavy atom. The molecule has 2 rings (SSSR count). The Morgan fingerprint density at radius 1 is 1.28 bits per heavy atom. The molecule has 1 fully saturated rings. The summed E-state index contributed by atoms with van der Waals surface area (Å²) in [7, 11) is 3.88. The minimum Gasteiger partial charge on any atom is -0.381 e. The summed E-state index contributed by atoms with van der Waals surface area (Å²) in [6.07, 6.45) is 3.26. The molecule has 0 saturated carbocycles. The fourth-order valence-electron chi connectivity index (χ4n) is 2.85. The number of nitrogens with one attached hydrogen (secondary N) is 1. The van der Waals surface area contributed by atoms with E-state index in [4.69, 9.17) is 9.47 Å². The number of ether oxygens (including phenoxy) is 2. The van der Waals surface area contributed by atoms with Gasteiger partial charge in [0.15, 0.2) is 5.96 Å². The highest BCUT2D eigenvalue weighted by molar-refractivity contribution is 14.0. The van der Waals surface area contributed by atoms with E-state index in [2.05, 4.69) is 46.5 Å². The number of rotatable bonds is 8. The van der Waals surface area contributed by atoms with E-state index in [0.29, 0.717) is 5.92 Å². The van der Waals surface area contributed by atoms with E-state index in [1.54, 1.807) is 0 Å². The Kier molecular flexibility index (Phi) is 11.9. The van der Waals surface area contributed by atoms with Crippen LogP contribution in [0.5, 0.6) is 0 Å². The molecule has 1 saturated heterocycles. The summed E-state index contributed by atoms with van der Waals surface area (Å²) in [5, 5.41) is 3.40. The quantitative estimate of drug-likeness (QED) is 0.280. The lowest BCUT2D eigenvalue weighted by molar-refractivity contribution is 0.0203. The Hall–Kier alpha value is -0.860. The van der Waals surface area contributed by atoms with Gasteiger partial charge in [-0.15, -0.1) is 24.0 Å². The molecule has 6 heteroatoms. The molecule has 1 aromatic carbocycles. The first-order valence-electron chi connectivity index (χ1n) is 8.91. The number of nitrogens with zero attached hydrogens (tertiary/aromatic N) is 2. The maximum atomic E-state index is 5.80. The van der Waals surface area contributed by atoms with Crippen LogP contribution < -0.4 is 5.32 Å². The van der Waals surface area contributed by atoms with Crippen molar-refractivity contribution in [3.8, 4) is 0 Å². The van der Waals surface area contributed by atoms with E-state index in [1.807, 2.05) is 13.1 Å². The van der Waals surface area contributed by atoms with Crippen LogP contribution >= 0.6 is 24.0 Å². The van der Waals surface area contributed by atoms with E-state index in [9.17, 15) is 0 Å². The van der Waals surface area contributed by atoms with Crippen molar-refractivity contribution in [2.45, 2.75) is 25.8 Å². The fraction of sp³-hybridized carbons (Fsp3) is 0.632. The summed E-state index contributed by atoms with van der Waals surface area (Å²) >= 11 is 0. The lowest BCUT2D eigenvalue weighted by Crippen LogP contribution is -2.39. The predicted molar refractivity (Wildman–Crippen MR) is 114 cm³/mol. The van der Waals surface area contributed by atoms with Crippen molar-refractivity contribution in [2.75, 3.05) is 47.1 Å². The van der Waals surface area contributed by atoms with Crippen LogP contribution in [0.3, 0.4) is 0 Å². The molecule has 1 aliphatic rings. The molecule has 0 spiro atoms. The zero-order valence-corrected chi connectivity index (χ0v) is 17.8. The third kappa shape index (κ3) is 8.87. The van der Waals surface area contributed by atoms with Gasteiger partial charge in [-0.3, -0.25) is 4.99 Å². The molecular weight excluding hydrogens is 429 g/mol. The Morgan fingerprint density at radius 3 is 2.68 bits per heavy atom. The van der Waals surface area contributed by atoms with Gasteiger partial charge >= 0.3 is 0 Å². The summed E-state index contributed by atoms with van der Waals surface area (Å²) in [5.74, 6) is 1.60. The largest absolute Gasteiger partial charge is 0.381 e. The highest BCUT2D eigenvalue weighted by Crippen LogP contribution is 2.14. The van der Waals surface area contributed by atoms with Gasteiger partial charge in [-0.2, -0.15) is 0 Å². The smallest absolute Gasteiger partial charge is 0.193 e. The van der Waals surface area contributed by atoms with Crippen molar-refractivity contribution in [1.82, 2.24) is 10.2 Å².